The summed E-state index contributed by atoms with van der Waals surface area (Å²) < 4.78 is 12.2. The predicted octanol–water partition coefficient (Wildman–Crippen LogP) is 1.88. The van der Waals surface area contributed by atoms with Gasteiger partial charge in [-0.25, -0.2) is 4.99 Å². The number of benzene rings is 1. The third-order valence-electron chi connectivity index (χ3n) is 2.76. The van der Waals surface area contributed by atoms with E-state index in [9.17, 15) is 4.57 Å². The van der Waals surface area contributed by atoms with Gasteiger partial charge < -0.3 is 21.0 Å². The average molecular weight is 276 g/mol. The van der Waals surface area contributed by atoms with Crippen molar-refractivity contribution in [1.29, 1.82) is 0 Å². The van der Waals surface area contributed by atoms with Crippen LogP contribution < -0.4 is 16.8 Å². The van der Waals surface area contributed by atoms with Gasteiger partial charge in [-0.1, -0.05) is 12.1 Å². The zero-order chi connectivity index (χ0) is 14.0. The maximum Gasteiger partial charge on any atom is 0.135 e. The van der Waals surface area contributed by atoms with Crippen LogP contribution in [0.5, 0.6) is 0 Å². The van der Waals surface area contributed by atoms with Gasteiger partial charge in [0.15, 0.2) is 0 Å². The monoisotopic (exact) mass is 276 g/mol. The van der Waals surface area contributed by atoms with E-state index in [1.54, 1.807) is 31.7 Å². The summed E-state index contributed by atoms with van der Waals surface area (Å²) in [6.07, 6.45) is 1.70. The largest absolute Gasteiger partial charge is 0.385 e. The molecule has 5 nitrogen and oxygen atoms in total. The number of hydrogen-bond donors (Lipinski definition) is 3. The van der Waals surface area contributed by atoms with E-state index in [2.05, 4.69) is 9.98 Å². The van der Waals surface area contributed by atoms with Crippen LogP contribution in [-0.2, 0) is 4.57 Å². The Balaban J connectivity index is 2.50. The maximum absolute atomic E-state index is 12.2. The second-order valence-electron chi connectivity index (χ2n) is 4.64. The minimum atomic E-state index is -2.40. The second kappa shape index (κ2) is 4.94. The Morgan fingerprint density at radius 3 is 2.53 bits per heavy atom. The van der Waals surface area contributed by atoms with E-state index >= 15 is 0 Å². The number of H-pyrrole nitrogens is 1. The van der Waals surface area contributed by atoms with Crippen molar-refractivity contribution in [3.63, 3.8) is 0 Å². The Labute approximate surface area is 112 Å². The molecule has 0 radical (unpaired) electrons. The lowest BCUT2D eigenvalue weighted by atomic mass is 10.2. The molecule has 2 rings (SSSR count). The Bertz CT molecular complexity index is 669. The number of rotatable bonds is 3. The number of aliphatic imine (C=N–C) groups is 1. The lowest BCUT2D eigenvalue weighted by Gasteiger charge is -2.10. The van der Waals surface area contributed by atoms with Crippen molar-refractivity contribution in [3.05, 3.63) is 42.1 Å². The van der Waals surface area contributed by atoms with E-state index in [0.717, 1.165) is 0 Å². The maximum atomic E-state index is 12.2. The molecule has 0 aliphatic heterocycles. The first-order valence-corrected chi connectivity index (χ1v) is 8.41. The second-order valence-corrected chi connectivity index (χ2v) is 7.83. The van der Waals surface area contributed by atoms with Gasteiger partial charge in [-0.2, -0.15) is 0 Å². The van der Waals surface area contributed by atoms with Gasteiger partial charge in [-0.15, -0.1) is 0 Å². The molecule has 6 heteroatoms. The smallest absolute Gasteiger partial charge is 0.135 e. The first-order chi connectivity index (χ1) is 8.89. The Morgan fingerprint density at radius 1 is 1.26 bits per heavy atom. The normalized spacial score (nSPS) is 12.6. The summed E-state index contributed by atoms with van der Waals surface area (Å²) in [5.41, 5.74) is 13.0. The summed E-state index contributed by atoms with van der Waals surface area (Å²) in [6, 6.07) is 9.05. The molecule has 0 unspecified atom stereocenters. The summed E-state index contributed by atoms with van der Waals surface area (Å²) in [5.74, 6) is 0.773. The van der Waals surface area contributed by atoms with Gasteiger partial charge in [0.2, 0.25) is 0 Å². The Kier molecular flexibility index (Phi) is 3.49. The van der Waals surface area contributed by atoms with Crippen LogP contribution in [0.3, 0.4) is 0 Å². The van der Waals surface area contributed by atoms with Gasteiger partial charge in [0.05, 0.1) is 11.3 Å². The van der Waals surface area contributed by atoms with Gasteiger partial charge in [-0.05, 0) is 31.5 Å². The molecular weight excluding hydrogens is 259 g/mol. The van der Waals surface area contributed by atoms with E-state index in [4.69, 9.17) is 11.5 Å². The van der Waals surface area contributed by atoms with Crippen LogP contribution in [0.4, 0.5) is 11.5 Å². The standard InChI is InChI=1S/C13H17N4OP/c1-19(2,18)11-6-4-3-5-10(11)17-13(15)9-7-8-16-12(9)14/h3-8,16H,14H2,1-2H3,(H2,15,17). The van der Waals surface area contributed by atoms with Gasteiger partial charge >= 0.3 is 0 Å². The Hall–Kier alpha value is -2.00. The van der Waals surface area contributed by atoms with E-state index in [-0.39, 0.29) is 0 Å². The van der Waals surface area contributed by atoms with Gasteiger partial charge in [0.25, 0.3) is 0 Å². The van der Waals surface area contributed by atoms with Crippen molar-refractivity contribution in [1.82, 2.24) is 4.98 Å². The lowest BCUT2D eigenvalue weighted by Crippen LogP contribution is -2.15. The number of amidine groups is 1. The van der Waals surface area contributed by atoms with Crippen molar-refractivity contribution in [2.75, 3.05) is 19.1 Å². The molecule has 0 saturated heterocycles. The quantitative estimate of drug-likeness (QED) is 0.453. The summed E-state index contributed by atoms with van der Waals surface area (Å²) in [7, 11) is -2.40. The van der Waals surface area contributed by atoms with E-state index < -0.39 is 7.14 Å². The number of nitrogens with one attached hydrogen (secondary N) is 1. The van der Waals surface area contributed by atoms with Gasteiger partial charge in [-0.3, -0.25) is 0 Å². The number of hydrogen-bond acceptors (Lipinski definition) is 3. The molecule has 19 heavy (non-hydrogen) atoms. The molecule has 0 atom stereocenters. The van der Waals surface area contributed by atoms with Crippen LogP contribution in [0.1, 0.15) is 5.56 Å². The molecule has 1 aromatic heterocycles. The average Bonchev–Trinajstić information content (AvgIpc) is 2.75. The highest BCUT2D eigenvalue weighted by molar-refractivity contribution is 7.70. The van der Waals surface area contributed by atoms with E-state index in [0.29, 0.717) is 28.2 Å². The predicted molar refractivity (Wildman–Crippen MR) is 81.1 cm³/mol. The minimum Gasteiger partial charge on any atom is -0.385 e. The fraction of sp³-hybridized carbons (Fsp3) is 0.154. The highest BCUT2D eigenvalue weighted by Crippen LogP contribution is 2.38. The summed E-state index contributed by atoms with van der Waals surface area (Å²) in [6.45, 7) is 3.42. The lowest BCUT2D eigenvalue weighted by molar-refractivity contribution is 0.588. The van der Waals surface area contributed by atoms with Crippen LogP contribution >= 0.6 is 7.14 Å². The molecule has 0 fully saturated rings. The van der Waals surface area contributed by atoms with Crippen molar-refractivity contribution < 1.29 is 4.57 Å². The van der Waals surface area contributed by atoms with Crippen LogP contribution in [-0.4, -0.2) is 24.1 Å². The molecule has 5 N–H and O–H groups in total. The number of nitrogens with zero attached hydrogens (tertiary/aromatic N) is 1. The third kappa shape index (κ3) is 2.88. The zero-order valence-corrected chi connectivity index (χ0v) is 11.8. The fourth-order valence-corrected chi connectivity index (χ4v) is 2.93. The first-order valence-electron chi connectivity index (χ1n) is 5.81. The van der Waals surface area contributed by atoms with Crippen molar-refractivity contribution in [2.24, 2.45) is 10.7 Å². The van der Waals surface area contributed by atoms with Crippen LogP contribution in [0, 0.1) is 0 Å². The van der Waals surface area contributed by atoms with Crippen molar-refractivity contribution in [2.45, 2.75) is 0 Å². The molecule has 0 aliphatic carbocycles. The molecule has 0 spiro atoms. The number of aromatic nitrogens is 1. The molecular formula is C13H17N4OP. The molecule has 1 aromatic carbocycles. The summed E-state index contributed by atoms with van der Waals surface area (Å²) in [5, 5.41) is 0.715. The molecule has 2 aromatic rings. The van der Waals surface area contributed by atoms with Gasteiger partial charge in [0, 0.05) is 11.5 Å². The molecule has 100 valence electrons. The topological polar surface area (TPSA) is 97.3 Å². The van der Waals surface area contributed by atoms with Gasteiger partial charge in [0.1, 0.15) is 18.8 Å². The third-order valence-corrected chi connectivity index (χ3v) is 4.30. The van der Waals surface area contributed by atoms with Crippen molar-refractivity contribution >= 4 is 29.8 Å². The number of aromatic amines is 1. The highest BCUT2D eigenvalue weighted by atomic mass is 31.2. The number of anilines is 1. The van der Waals surface area contributed by atoms with Crippen molar-refractivity contribution in [3.8, 4) is 0 Å². The van der Waals surface area contributed by atoms with Crippen LogP contribution in [0.2, 0.25) is 0 Å². The first kappa shape index (κ1) is 13.4. The SMILES string of the molecule is CP(C)(=O)c1ccccc1N=C(N)c1cc[nH]c1N. The molecule has 1 heterocycles. The molecule has 0 saturated carbocycles. The fourth-order valence-electron chi connectivity index (χ4n) is 1.81. The summed E-state index contributed by atoms with van der Waals surface area (Å²) in [4.78, 5) is 7.19. The number of para-hydroxylation sites is 1. The summed E-state index contributed by atoms with van der Waals surface area (Å²) >= 11 is 0. The zero-order valence-electron chi connectivity index (χ0n) is 10.9. The minimum absolute atomic E-state index is 0.305. The highest BCUT2D eigenvalue weighted by Gasteiger charge is 2.15. The number of nitrogen functional groups attached to an aromatic ring is 1. The Morgan fingerprint density at radius 2 is 1.95 bits per heavy atom. The molecule has 0 aliphatic rings. The molecule has 0 bridgehead atoms. The number of nitrogens with two attached hydrogens (primary N) is 2. The van der Waals surface area contributed by atoms with E-state index in [1.165, 1.54) is 0 Å². The van der Waals surface area contributed by atoms with Crippen LogP contribution in [0.25, 0.3) is 0 Å². The van der Waals surface area contributed by atoms with E-state index in [1.807, 2.05) is 18.2 Å². The van der Waals surface area contributed by atoms with Crippen LogP contribution in [0.15, 0.2) is 41.5 Å². The molecule has 0 amide bonds.